The lowest BCUT2D eigenvalue weighted by Gasteiger charge is -2.33. The van der Waals surface area contributed by atoms with Gasteiger partial charge >= 0.3 is 0 Å². The van der Waals surface area contributed by atoms with E-state index in [0.29, 0.717) is 54.4 Å². The van der Waals surface area contributed by atoms with E-state index < -0.39 is 0 Å². The number of rotatable bonds is 4. The molecule has 8 nitrogen and oxygen atoms in total. The van der Waals surface area contributed by atoms with Crippen LogP contribution < -0.4 is 15.0 Å². The maximum Gasteiger partial charge on any atom is 0.247 e. The third kappa shape index (κ3) is 4.08. The van der Waals surface area contributed by atoms with E-state index >= 15 is 0 Å². The zero-order valence-electron chi connectivity index (χ0n) is 14.1. The Morgan fingerprint density at radius 3 is 2.72 bits per heavy atom. The fourth-order valence-electron chi connectivity index (χ4n) is 2.63. The summed E-state index contributed by atoms with van der Waals surface area (Å²) in [5.74, 6) is 1.80. The van der Waals surface area contributed by atoms with Crippen molar-refractivity contribution in [3.63, 3.8) is 0 Å². The smallest absolute Gasteiger partial charge is 0.247 e. The molecule has 0 unspecified atom stereocenters. The van der Waals surface area contributed by atoms with Crippen LogP contribution in [0.15, 0.2) is 24.4 Å². The van der Waals surface area contributed by atoms with Crippen LogP contribution in [0.2, 0.25) is 5.02 Å². The van der Waals surface area contributed by atoms with Crippen LogP contribution in [0.3, 0.4) is 0 Å². The van der Waals surface area contributed by atoms with Crippen molar-refractivity contribution >= 4 is 35.0 Å². The molecule has 0 aliphatic carbocycles. The molecule has 1 fully saturated rings. The molecule has 0 spiro atoms. The monoisotopic (exact) mass is 362 g/mol. The summed E-state index contributed by atoms with van der Waals surface area (Å²) in [4.78, 5) is 19.7. The predicted octanol–water partition coefficient (Wildman–Crippen LogP) is 1.95. The molecule has 1 saturated heterocycles. The maximum atomic E-state index is 11.4. The minimum atomic E-state index is 0.0853. The quantitative estimate of drug-likeness (QED) is 0.889. The molecule has 2 heterocycles. The number of piperazine rings is 1. The summed E-state index contributed by atoms with van der Waals surface area (Å²) >= 11 is 6.05. The van der Waals surface area contributed by atoms with Crippen molar-refractivity contribution in [1.82, 2.24) is 20.1 Å². The topological polar surface area (TPSA) is 83.5 Å². The van der Waals surface area contributed by atoms with Crippen LogP contribution in [0.4, 0.5) is 17.5 Å². The van der Waals surface area contributed by atoms with E-state index in [4.69, 9.17) is 16.3 Å². The first-order chi connectivity index (χ1) is 12.1. The third-order valence-corrected chi connectivity index (χ3v) is 4.21. The summed E-state index contributed by atoms with van der Waals surface area (Å²) < 4.78 is 5.32. The Labute approximate surface area is 150 Å². The summed E-state index contributed by atoms with van der Waals surface area (Å²) in [6, 6.07) is 5.29. The second kappa shape index (κ2) is 7.52. The normalized spacial score (nSPS) is 14.4. The van der Waals surface area contributed by atoms with Gasteiger partial charge in [-0.3, -0.25) is 4.79 Å². The molecule has 1 aromatic carbocycles. The van der Waals surface area contributed by atoms with Crippen LogP contribution in [-0.4, -0.2) is 59.3 Å². The summed E-state index contributed by atoms with van der Waals surface area (Å²) in [6.45, 7) is 4.23. The van der Waals surface area contributed by atoms with Gasteiger partial charge in [0.15, 0.2) is 5.82 Å². The van der Waals surface area contributed by atoms with Gasteiger partial charge in [0.25, 0.3) is 0 Å². The molecule has 2 aromatic rings. The number of hydrogen-bond acceptors (Lipinski definition) is 7. The number of halogens is 1. The second-order valence-corrected chi connectivity index (χ2v) is 6.04. The lowest BCUT2D eigenvalue weighted by Crippen LogP contribution is -2.48. The van der Waals surface area contributed by atoms with Gasteiger partial charge in [-0.25, -0.2) is 0 Å². The molecule has 0 radical (unpaired) electrons. The fraction of sp³-hybridized carbons (Fsp3) is 0.375. The van der Waals surface area contributed by atoms with E-state index in [-0.39, 0.29) is 5.91 Å². The van der Waals surface area contributed by atoms with Gasteiger partial charge in [0.1, 0.15) is 5.75 Å². The molecule has 3 rings (SSSR count). The molecule has 0 atom stereocenters. The molecule has 1 amide bonds. The number of ether oxygens (including phenoxy) is 1. The first-order valence-electron chi connectivity index (χ1n) is 7.87. The van der Waals surface area contributed by atoms with Crippen molar-refractivity contribution in [2.24, 2.45) is 0 Å². The fourth-order valence-corrected chi connectivity index (χ4v) is 2.80. The van der Waals surface area contributed by atoms with Crippen molar-refractivity contribution < 1.29 is 9.53 Å². The molecule has 132 valence electrons. The van der Waals surface area contributed by atoms with Crippen LogP contribution in [-0.2, 0) is 4.79 Å². The molecule has 9 heteroatoms. The predicted molar refractivity (Wildman–Crippen MR) is 95.6 cm³/mol. The number of carbonyl (C=O) groups is 1. The Morgan fingerprint density at radius 1 is 1.28 bits per heavy atom. The minimum Gasteiger partial charge on any atom is -0.495 e. The Hall–Kier alpha value is -2.61. The van der Waals surface area contributed by atoms with Crippen LogP contribution in [0.25, 0.3) is 0 Å². The van der Waals surface area contributed by atoms with Gasteiger partial charge in [-0.05, 0) is 18.2 Å². The lowest BCUT2D eigenvalue weighted by molar-refractivity contribution is -0.129. The molecular formula is C16H19ClN6O2. The molecule has 0 saturated carbocycles. The molecular weight excluding hydrogens is 344 g/mol. The Morgan fingerprint density at radius 2 is 2.04 bits per heavy atom. The zero-order valence-corrected chi connectivity index (χ0v) is 14.8. The minimum absolute atomic E-state index is 0.0853. The van der Waals surface area contributed by atoms with Gasteiger partial charge < -0.3 is 19.9 Å². The van der Waals surface area contributed by atoms with Crippen LogP contribution in [0.5, 0.6) is 5.75 Å². The standard InChI is InChI=1S/C16H19ClN6O2/c1-11(24)22-5-7-23(8-6-22)16-20-15(10-18-21-16)19-13-9-12(17)3-4-14(13)25-2/h3-4,9-10H,5-8H2,1-2H3,(H,19,20,21). The Balaban J connectivity index is 1.74. The number of nitrogens with zero attached hydrogens (tertiary/aromatic N) is 5. The van der Waals surface area contributed by atoms with Gasteiger partial charge in [0.05, 0.1) is 19.0 Å². The SMILES string of the molecule is COc1ccc(Cl)cc1Nc1cnnc(N2CCN(C(C)=O)CC2)n1. The Kier molecular flexibility index (Phi) is 5.18. The van der Waals surface area contributed by atoms with E-state index in [1.807, 2.05) is 9.80 Å². The van der Waals surface area contributed by atoms with Gasteiger partial charge in [0, 0.05) is 38.1 Å². The van der Waals surface area contributed by atoms with Gasteiger partial charge in [-0.15, -0.1) is 5.10 Å². The number of methoxy groups -OCH3 is 1. The molecule has 25 heavy (non-hydrogen) atoms. The van der Waals surface area contributed by atoms with Gasteiger partial charge in [-0.1, -0.05) is 11.6 Å². The van der Waals surface area contributed by atoms with E-state index in [0.717, 1.165) is 0 Å². The summed E-state index contributed by atoms with van der Waals surface area (Å²) in [5, 5.41) is 11.9. The van der Waals surface area contributed by atoms with Crippen molar-refractivity contribution in [1.29, 1.82) is 0 Å². The second-order valence-electron chi connectivity index (χ2n) is 5.60. The highest BCUT2D eigenvalue weighted by Gasteiger charge is 2.21. The summed E-state index contributed by atoms with van der Waals surface area (Å²) in [5.41, 5.74) is 0.697. The molecule has 1 aliphatic rings. The highest BCUT2D eigenvalue weighted by Crippen LogP contribution is 2.30. The average Bonchev–Trinajstić information content (AvgIpc) is 2.62. The highest BCUT2D eigenvalue weighted by molar-refractivity contribution is 6.31. The number of nitrogens with one attached hydrogen (secondary N) is 1. The van der Waals surface area contributed by atoms with Crippen LogP contribution in [0.1, 0.15) is 6.92 Å². The largest absolute Gasteiger partial charge is 0.495 e. The van der Waals surface area contributed by atoms with Crippen molar-refractivity contribution in [3.05, 3.63) is 29.4 Å². The average molecular weight is 363 g/mol. The molecule has 1 aliphatic heterocycles. The van der Waals surface area contributed by atoms with Crippen molar-refractivity contribution in [3.8, 4) is 5.75 Å². The van der Waals surface area contributed by atoms with Crippen molar-refractivity contribution in [2.45, 2.75) is 6.92 Å². The van der Waals surface area contributed by atoms with Gasteiger partial charge in [-0.2, -0.15) is 10.1 Å². The molecule has 0 bridgehead atoms. The maximum absolute atomic E-state index is 11.4. The first kappa shape index (κ1) is 17.2. The zero-order chi connectivity index (χ0) is 17.8. The lowest BCUT2D eigenvalue weighted by atomic mass is 10.3. The first-order valence-corrected chi connectivity index (χ1v) is 8.25. The van der Waals surface area contributed by atoms with Crippen LogP contribution >= 0.6 is 11.6 Å². The third-order valence-electron chi connectivity index (χ3n) is 3.98. The molecule has 1 aromatic heterocycles. The Bertz CT molecular complexity index is 764. The van der Waals surface area contributed by atoms with Crippen LogP contribution in [0, 0.1) is 0 Å². The van der Waals surface area contributed by atoms with E-state index in [1.165, 1.54) is 6.20 Å². The van der Waals surface area contributed by atoms with Crippen molar-refractivity contribution in [2.75, 3.05) is 43.5 Å². The number of aromatic nitrogens is 3. The number of amides is 1. The van der Waals surface area contributed by atoms with Gasteiger partial charge in [0.2, 0.25) is 11.9 Å². The van der Waals surface area contributed by atoms with E-state index in [9.17, 15) is 4.79 Å². The number of benzene rings is 1. The van der Waals surface area contributed by atoms with E-state index in [1.54, 1.807) is 32.2 Å². The number of hydrogen-bond donors (Lipinski definition) is 1. The summed E-state index contributed by atoms with van der Waals surface area (Å²) in [7, 11) is 1.59. The highest BCUT2D eigenvalue weighted by atomic mass is 35.5. The van der Waals surface area contributed by atoms with E-state index in [2.05, 4.69) is 20.5 Å². The molecule has 1 N–H and O–H groups in total. The number of anilines is 3. The number of carbonyl (C=O) groups excluding carboxylic acids is 1. The summed E-state index contributed by atoms with van der Waals surface area (Å²) in [6.07, 6.45) is 1.54.